The van der Waals surface area contributed by atoms with Crippen LogP contribution < -0.4 is 10.1 Å². The number of nitrogens with zero attached hydrogens (tertiary/aromatic N) is 3. The number of ether oxygens (including phenoxy) is 1. The lowest BCUT2D eigenvalue weighted by Crippen LogP contribution is -2.06. The Bertz CT molecular complexity index is 766. The number of anilines is 1. The maximum atomic E-state index is 5.37. The third kappa shape index (κ3) is 2.54. The molecule has 0 aliphatic heterocycles. The van der Waals surface area contributed by atoms with Gasteiger partial charge in [-0.25, -0.2) is 0 Å². The minimum Gasteiger partial charge on any atom is -0.494 e. The van der Waals surface area contributed by atoms with Gasteiger partial charge >= 0.3 is 0 Å². The van der Waals surface area contributed by atoms with Crippen LogP contribution >= 0.6 is 0 Å². The van der Waals surface area contributed by atoms with E-state index in [1.54, 1.807) is 18.0 Å². The number of aryl methyl sites for hydroxylation is 1. The summed E-state index contributed by atoms with van der Waals surface area (Å²) in [5.74, 6) is 0.783. The molecule has 0 radical (unpaired) electrons. The number of aromatic nitrogens is 3. The molecule has 0 saturated carbocycles. The second kappa shape index (κ2) is 5.44. The van der Waals surface area contributed by atoms with Crippen LogP contribution in [-0.4, -0.2) is 21.9 Å². The number of nitrogens with one attached hydrogen (secondary N) is 1. The Labute approximate surface area is 123 Å². The van der Waals surface area contributed by atoms with Crippen molar-refractivity contribution < 1.29 is 4.74 Å². The molecule has 0 fully saturated rings. The molecular formula is C16H18N4O. The van der Waals surface area contributed by atoms with E-state index >= 15 is 0 Å². The summed E-state index contributed by atoms with van der Waals surface area (Å²) in [6.07, 6.45) is 5.69. The molecule has 3 rings (SSSR count). The highest BCUT2D eigenvalue weighted by Crippen LogP contribution is 2.30. The fourth-order valence-corrected chi connectivity index (χ4v) is 2.42. The van der Waals surface area contributed by atoms with Crippen molar-refractivity contribution in [1.82, 2.24) is 14.8 Å². The molecule has 0 amide bonds. The number of fused-ring (bicyclic) bond motifs is 1. The quantitative estimate of drug-likeness (QED) is 0.798. The number of rotatable bonds is 4. The van der Waals surface area contributed by atoms with Crippen molar-refractivity contribution in [2.75, 3.05) is 12.4 Å². The molecule has 0 aliphatic rings. The Morgan fingerprint density at radius 3 is 2.86 bits per heavy atom. The first-order valence-corrected chi connectivity index (χ1v) is 6.86. The smallest absolute Gasteiger partial charge is 0.145 e. The van der Waals surface area contributed by atoms with Crippen molar-refractivity contribution in [1.29, 1.82) is 0 Å². The second-order valence-electron chi connectivity index (χ2n) is 5.03. The van der Waals surface area contributed by atoms with E-state index in [-0.39, 0.29) is 6.04 Å². The van der Waals surface area contributed by atoms with Gasteiger partial charge in [0.1, 0.15) is 11.3 Å². The summed E-state index contributed by atoms with van der Waals surface area (Å²) < 4.78 is 7.18. The van der Waals surface area contributed by atoms with E-state index in [1.807, 2.05) is 43.7 Å². The Morgan fingerprint density at radius 1 is 1.29 bits per heavy atom. The van der Waals surface area contributed by atoms with Gasteiger partial charge in [0.2, 0.25) is 0 Å². The van der Waals surface area contributed by atoms with Gasteiger partial charge in [0.05, 0.1) is 19.3 Å². The highest BCUT2D eigenvalue weighted by molar-refractivity contribution is 5.94. The van der Waals surface area contributed by atoms with E-state index in [9.17, 15) is 0 Å². The van der Waals surface area contributed by atoms with E-state index in [0.717, 1.165) is 27.9 Å². The molecule has 2 heterocycles. The molecule has 1 atom stereocenters. The SMILES string of the molecule is COc1cccc2c(NC(C)c3cnn(C)c3)ccnc12. The molecule has 0 bridgehead atoms. The lowest BCUT2D eigenvalue weighted by molar-refractivity contribution is 0.419. The minimum absolute atomic E-state index is 0.163. The van der Waals surface area contributed by atoms with Gasteiger partial charge in [-0.05, 0) is 19.1 Å². The molecule has 0 spiro atoms. The van der Waals surface area contributed by atoms with Crippen molar-refractivity contribution >= 4 is 16.6 Å². The summed E-state index contributed by atoms with van der Waals surface area (Å²) in [6, 6.07) is 8.08. The van der Waals surface area contributed by atoms with E-state index in [4.69, 9.17) is 4.74 Å². The third-order valence-electron chi connectivity index (χ3n) is 3.55. The highest BCUT2D eigenvalue weighted by atomic mass is 16.5. The fraction of sp³-hybridized carbons (Fsp3) is 0.250. The van der Waals surface area contributed by atoms with Gasteiger partial charge in [0.15, 0.2) is 0 Å². The van der Waals surface area contributed by atoms with Gasteiger partial charge in [-0.1, -0.05) is 12.1 Å². The van der Waals surface area contributed by atoms with Gasteiger partial charge < -0.3 is 10.1 Å². The van der Waals surface area contributed by atoms with Gasteiger partial charge in [-0.3, -0.25) is 9.67 Å². The van der Waals surface area contributed by atoms with Crippen molar-refractivity contribution in [2.24, 2.45) is 7.05 Å². The fourth-order valence-electron chi connectivity index (χ4n) is 2.42. The second-order valence-corrected chi connectivity index (χ2v) is 5.03. The first-order chi connectivity index (χ1) is 10.2. The van der Waals surface area contributed by atoms with E-state index < -0.39 is 0 Å². The van der Waals surface area contributed by atoms with Crippen LogP contribution in [0.25, 0.3) is 10.9 Å². The maximum absolute atomic E-state index is 5.37. The standard InChI is InChI=1S/C16H18N4O/c1-11(12-9-18-20(2)10-12)19-14-7-8-17-16-13(14)5-4-6-15(16)21-3/h4-11H,1-3H3,(H,17,19). The maximum Gasteiger partial charge on any atom is 0.145 e. The number of pyridine rings is 1. The Balaban J connectivity index is 1.97. The van der Waals surface area contributed by atoms with Crippen LogP contribution in [0.2, 0.25) is 0 Å². The summed E-state index contributed by atoms with van der Waals surface area (Å²) in [4.78, 5) is 4.42. The molecule has 3 aromatic rings. The van der Waals surface area contributed by atoms with E-state index in [1.165, 1.54) is 0 Å². The lowest BCUT2D eigenvalue weighted by Gasteiger charge is -2.16. The normalized spacial score (nSPS) is 12.3. The molecule has 2 aromatic heterocycles. The van der Waals surface area contributed by atoms with Crippen LogP contribution in [0.3, 0.4) is 0 Å². The average Bonchev–Trinajstić information content (AvgIpc) is 2.93. The van der Waals surface area contributed by atoms with E-state index in [2.05, 4.69) is 22.3 Å². The molecule has 5 nitrogen and oxygen atoms in total. The van der Waals surface area contributed by atoms with Gasteiger partial charge in [-0.15, -0.1) is 0 Å². The van der Waals surface area contributed by atoms with Crippen molar-refractivity contribution in [3.05, 3.63) is 48.4 Å². The summed E-state index contributed by atoms with van der Waals surface area (Å²) in [5.41, 5.74) is 3.05. The van der Waals surface area contributed by atoms with Crippen molar-refractivity contribution in [3.63, 3.8) is 0 Å². The third-order valence-corrected chi connectivity index (χ3v) is 3.55. The molecule has 21 heavy (non-hydrogen) atoms. The van der Waals surface area contributed by atoms with Crippen LogP contribution in [-0.2, 0) is 7.05 Å². The summed E-state index contributed by atoms with van der Waals surface area (Å²) >= 11 is 0. The number of para-hydroxylation sites is 1. The molecule has 108 valence electrons. The zero-order valence-electron chi connectivity index (χ0n) is 12.4. The van der Waals surface area contributed by atoms with Crippen LogP contribution in [0.1, 0.15) is 18.5 Å². The van der Waals surface area contributed by atoms with Crippen LogP contribution in [0.5, 0.6) is 5.75 Å². The predicted octanol–water partition coefficient (Wildman–Crippen LogP) is 3.15. The first-order valence-electron chi connectivity index (χ1n) is 6.86. The van der Waals surface area contributed by atoms with Crippen LogP contribution in [0.4, 0.5) is 5.69 Å². The summed E-state index contributed by atoms with van der Waals surface area (Å²) in [6.45, 7) is 2.11. The average molecular weight is 282 g/mol. The Kier molecular flexibility index (Phi) is 3.48. The topological polar surface area (TPSA) is 52.0 Å². The highest BCUT2D eigenvalue weighted by Gasteiger charge is 2.11. The largest absolute Gasteiger partial charge is 0.494 e. The number of hydrogen-bond acceptors (Lipinski definition) is 4. The number of methoxy groups -OCH3 is 1. The Hall–Kier alpha value is -2.56. The lowest BCUT2D eigenvalue weighted by atomic mass is 10.1. The van der Waals surface area contributed by atoms with Crippen LogP contribution in [0.15, 0.2) is 42.9 Å². The molecule has 1 unspecified atom stereocenters. The number of hydrogen-bond donors (Lipinski definition) is 1. The molecule has 0 saturated heterocycles. The minimum atomic E-state index is 0.163. The van der Waals surface area contributed by atoms with Crippen LogP contribution in [0, 0.1) is 0 Å². The van der Waals surface area contributed by atoms with Crippen molar-refractivity contribution in [3.8, 4) is 5.75 Å². The van der Waals surface area contributed by atoms with E-state index in [0.29, 0.717) is 0 Å². The Morgan fingerprint density at radius 2 is 2.14 bits per heavy atom. The van der Waals surface area contributed by atoms with Gasteiger partial charge in [-0.2, -0.15) is 5.10 Å². The monoisotopic (exact) mass is 282 g/mol. The van der Waals surface area contributed by atoms with Gasteiger partial charge in [0.25, 0.3) is 0 Å². The molecule has 1 aromatic carbocycles. The molecule has 1 N–H and O–H groups in total. The zero-order chi connectivity index (χ0) is 14.8. The number of benzene rings is 1. The molecule has 0 aliphatic carbocycles. The van der Waals surface area contributed by atoms with Gasteiger partial charge in [0, 0.05) is 36.1 Å². The molecule has 5 heteroatoms. The summed E-state index contributed by atoms with van der Waals surface area (Å²) in [5, 5.41) is 8.78. The first kappa shape index (κ1) is 13.4. The molecular weight excluding hydrogens is 264 g/mol. The zero-order valence-corrected chi connectivity index (χ0v) is 12.4. The van der Waals surface area contributed by atoms with Crippen molar-refractivity contribution in [2.45, 2.75) is 13.0 Å². The summed E-state index contributed by atoms with van der Waals surface area (Å²) in [7, 11) is 3.58. The predicted molar refractivity (Wildman–Crippen MR) is 83.5 cm³/mol.